The second-order valence-electron chi connectivity index (χ2n) is 9.87. The molecule has 0 aliphatic rings. The minimum absolute atomic E-state index is 0.136. The van der Waals surface area contributed by atoms with E-state index >= 15 is 0 Å². The van der Waals surface area contributed by atoms with E-state index < -0.39 is 11.2 Å². The molecule has 0 unspecified atom stereocenters. The summed E-state index contributed by atoms with van der Waals surface area (Å²) in [5.41, 5.74) is -0.950. The molecule has 0 aliphatic carbocycles. The van der Waals surface area contributed by atoms with E-state index in [1.807, 2.05) is 41.5 Å². The third kappa shape index (κ3) is 22.5. The molecule has 9 nitrogen and oxygen atoms in total. The van der Waals surface area contributed by atoms with Crippen LogP contribution in [0.2, 0.25) is 0 Å². The SMILES string of the molecule is CC(C)(C)OC(=O)NCCCCCCNC(=O)NCCCCCCNC(=O)OC(C)(C)C. The first kappa shape index (κ1) is 29.8. The third-order valence-electron chi connectivity index (χ3n) is 4.11. The molecular weight excluding hydrogens is 412 g/mol. The van der Waals surface area contributed by atoms with Crippen LogP contribution in [0.4, 0.5) is 14.4 Å². The molecule has 32 heavy (non-hydrogen) atoms. The number of unbranched alkanes of at least 4 members (excludes halogenated alkanes) is 6. The fourth-order valence-corrected chi connectivity index (χ4v) is 2.68. The van der Waals surface area contributed by atoms with Gasteiger partial charge in [-0.25, -0.2) is 14.4 Å². The summed E-state index contributed by atoms with van der Waals surface area (Å²) in [6, 6.07) is -0.136. The minimum atomic E-state index is -0.475. The van der Waals surface area contributed by atoms with Crippen LogP contribution in [0.3, 0.4) is 0 Å². The number of amides is 4. The van der Waals surface area contributed by atoms with Crippen LogP contribution >= 0.6 is 0 Å². The van der Waals surface area contributed by atoms with Gasteiger partial charge in [0.2, 0.25) is 0 Å². The maximum absolute atomic E-state index is 11.7. The van der Waals surface area contributed by atoms with Gasteiger partial charge in [-0.2, -0.15) is 0 Å². The van der Waals surface area contributed by atoms with E-state index in [0.29, 0.717) is 26.2 Å². The van der Waals surface area contributed by atoms with Gasteiger partial charge < -0.3 is 30.7 Å². The zero-order valence-corrected chi connectivity index (χ0v) is 21.0. The molecule has 0 aromatic rings. The molecule has 0 radical (unpaired) electrons. The summed E-state index contributed by atoms with van der Waals surface area (Å²) in [5.74, 6) is 0. The van der Waals surface area contributed by atoms with Gasteiger partial charge in [-0.05, 0) is 67.2 Å². The Morgan fingerprint density at radius 1 is 0.500 bits per heavy atom. The average Bonchev–Trinajstić information content (AvgIpc) is 2.63. The van der Waals surface area contributed by atoms with Crippen molar-refractivity contribution in [3.8, 4) is 0 Å². The lowest BCUT2D eigenvalue weighted by atomic mass is 10.2. The van der Waals surface area contributed by atoms with Gasteiger partial charge in [-0.1, -0.05) is 25.7 Å². The van der Waals surface area contributed by atoms with E-state index in [9.17, 15) is 14.4 Å². The normalized spacial score (nSPS) is 11.4. The molecule has 0 atom stereocenters. The van der Waals surface area contributed by atoms with Crippen LogP contribution in [0, 0.1) is 0 Å². The molecule has 0 spiro atoms. The highest BCUT2D eigenvalue weighted by Crippen LogP contribution is 2.07. The molecule has 0 aliphatic heterocycles. The maximum atomic E-state index is 11.7. The fraction of sp³-hybridized carbons (Fsp3) is 0.870. The highest BCUT2D eigenvalue weighted by molar-refractivity contribution is 5.73. The van der Waals surface area contributed by atoms with Crippen molar-refractivity contribution in [1.29, 1.82) is 0 Å². The van der Waals surface area contributed by atoms with Crippen molar-refractivity contribution in [2.24, 2.45) is 0 Å². The summed E-state index contributed by atoms with van der Waals surface area (Å²) in [7, 11) is 0. The van der Waals surface area contributed by atoms with E-state index in [-0.39, 0.29) is 18.2 Å². The van der Waals surface area contributed by atoms with Gasteiger partial charge >= 0.3 is 18.2 Å². The van der Waals surface area contributed by atoms with E-state index in [1.165, 1.54) is 0 Å². The molecule has 4 N–H and O–H groups in total. The van der Waals surface area contributed by atoms with E-state index in [2.05, 4.69) is 21.3 Å². The van der Waals surface area contributed by atoms with Crippen molar-refractivity contribution in [2.75, 3.05) is 26.2 Å². The summed E-state index contributed by atoms with van der Waals surface area (Å²) in [5, 5.41) is 11.2. The Labute approximate surface area is 194 Å². The molecule has 4 amide bonds. The number of carbonyl (C=O) groups is 3. The molecule has 0 heterocycles. The number of rotatable bonds is 14. The van der Waals surface area contributed by atoms with Crippen molar-refractivity contribution in [1.82, 2.24) is 21.3 Å². The van der Waals surface area contributed by atoms with E-state index in [0.717, 1.165) is 51.4 Å². The molecule has 0 fully saturated rings. The second kappa shape index (κ2) is 16.4. The summed E-state index contributed by atoms with van der Waals surface area (Å²) in [4.78, 5) is 34.7. The standard InChI is InChI=1S/C23H46N4O5/c1-22(2,3)31-20(29)26-17-13-9-7-11-15-24-19(28)25-16-12-8-10-14-18-27-21(30)32-23(4,5)6/h7-18H2,1-6H3,(H,26,29)(H,27,30)(H2,24,25,28). The predicted octanol–water partition coefficient (Wildman–Crippen LogP) is 4.46. The first-order valence-corrected chi connectivity index (χ1v) is 11.8. The van der Waals surface area contributed by atoms with Crippen LogP contribution in [-0.4, -0.2) is 55.6 Å². The Balaban J connectivity index is 3.40. The number of alkyl carbamates (subject to hydrolysis) is 2. The topological polar surface area (TPSA) is 118 Å². The van der Waals surface area contributed by atoms with Crippen molar-refractivity contribution in [3.05, 3.63) is 0 Å². The van der Waals surface area contributed by atoms with Gasteiger partial charge in [0.1, 0.15) is 11.2 Å². The highest BCUT2D eigenvalue weighted by Gasteiger charge is 2.16. The smallest absolute Gasteiger partial charge is 0.407 e. The monoisotopic (exact) mass is 458 g/mol. The summed E-state index contributed by atoms with van der Waals surface area (Å²) in [6.07, 6.45) is 6.79. The lowest BCUT2D eigenvalue weighted by Gasteiger charge is -2.19. The number of hydrogen-bond acceptors (Lipinski definition) is 5. The van der Waals surface area contributed by atoms with Crippen LogP contribution in [0.25, 0.3) is 0 Å². The van der Waals surface area contributed by atoms with Crippen molar-refractivity contribution in [3.63, 3.8) is 0 Å². The Kier molecular flexibility index (Phi) is 15.3. The predicted molar refractivity (Wildman–Crippen MR) is 127 cm³/mol. The van der Waals surface area contributed by atoms with Crippen LogP contribution in [-0.2, 0) is 9.47 Å². The van der Waals surface area contributed by atoms with Crippen molar-refractivity contribution in [2.45, 2.75) is 104 Å². The van der Waals surface area contributed by atoms with Crippen LogP contribution < -0.4 is 21.3 Å². The average molecular weight is 459 g/mol. The van der Waals surface area contributed by atoms with Crippen LogP contribution in [0.1, 0.15) is 92.9 Å². The number of urea groups is 1. The Bertz CT molecular complexity index is 495. The number of carbonyl (C=O) groups excluding carboxylic acids is 3. The zero-order valence-electron chi connectivity index (χ0n) is 21.0. The fourth-order valence-electron chi connectivity index (χ4n) is 2.68. The van der Waals surface area contributed by atoms with Gasteiger partial charge in [0.05, 0.1) is 0 Å². The maximum Gasteiger partial charge on any atom is 0.407 e. The second-order valence-corrected chi connectivity index (χ2v) is 9.87. The molecule has 0 saturated heterocycles. The molecule has 0 aromatic heterocycles. The summed E-state index contributed by atoms with van der Waals surface area (Å²) < 4.78 is 10.3. The van der Waals surface area contributed by atoms with Gasteiger partial charge in [0.25, 0.3) is 0 Å². The molecule has 0 bridgehead atoms. The first-order chi connectivity index (χ1) is 14.9. The molecule has 0 rings (SSSR count). The van der Waals surface area contributed by atoms with Crippen LogP contribution in [0.15, 0.2) is 0 Å². The Hall–Kier alpha value is -2.19. The zero-order chi connectivity index (χ0) is 24.5. The third-order valence-corrected chi connectivity index (χ3v) is 4.11. The first-order valence-electron chi connectivity index (χ1n) is 11.8. The largest absolute Gasteiger partial charge is 0.444 e. The molecular formula is C23H46N4O5. The van der Waals surface area contributed by atoms with E-state index in [1.54, 1.807) is 0 Å². The molecule has 0 saturated carbocycles. The lowest BCUT2D eigenvalue weighted by Crippen LogP contribution is -2.36. The van der Waals surface area contributed by atoms with Gasteiger partial charge in [0, 0.05) is 26.2 Å². The number of nitrogens with one attached hydrogen (secondary N) is 4. The van der Waals surface area contributed by atoms with Gasteiger partial charge in [-0.15, -0.1) is 0 Å². The van der Waals surface area contributed by atoms with E-state index in [4.69, 9.17) is 9.47 Å². The number of hydrogen-bond donors (Lipinski definition) is 4. The van der Waals surface area contributed by atoms with Gasteiger partial charge in [0.15, 0.2) is 0 Å². The lowest BCUT2D eigenvalue weighted by molar-refractivity contribution is 0.0515. The van der Waals surface area contributed by atoms with Crippen molar-refractivity contribution >= 4 is 18.2 Å². The Morgan fingerprint density at radius 3 is 1.06 bits per heavy atom. The Morgan fingerprint density at radius 2 is 0.781 bits per heavy atom. The highest BCUT2D eigenvalue weighted by atomic mass is 16.6. The van der Waals surface area contributed by atoms with Crippen molar-refractivity contribution < 1.29 is 23.9 Å². The minimum Gasteiger partial charge on any atom is -0.444 e. The van der Waals surface area contributed by atoms with Gasteiger partial charge in [-0.3, -0.25) is 0 Å². The van der Waals surface area contributed by atoms with Crippen LogP contribution in [0.5, 0.6) is 0 Å². The molecule has 9 heteroatoms. The number of ether oxygens (including phenoxy) is 2. The summed E-state index contributed by atoms with van der Waals surface area (Å²) in [6.45, 7) is 13.5. The quantitative estimate of drug-likeness (QED) is 0.287. The summed E-state index contributed by atoms with van der Waals surface area (Å²) >= 11 is 0. The molecule has 188 valence electrons. The molecule has 0 aromatic carbocycles.